The largest absolute Gasteiger partial charge is 0.497 e. The molecule has 0 heterocycles. The van der Waals surface area contributed by atoms with E-state index in [9.17, 15) is 4.79 Å². The number of hydrogen-bond donors (Lipinski definition) is 0. The van der Waals surface area contributed by atoms with Gasteiger partial charge in [-0.05, 0) is 59.3 Å². The first-order chi connectivity index (χ1) is 16.2. The van der Waals surface area contributed by atoms with E-state index in [-0.39, 0.29) is 0 Å². The van der Waals surface area contributed by atoms with Crippen LogP contribution in [0.2, 0.25) is 0 Å². The molecule has 33 heavy (non-hydrogen) atoms. The minimum absolute atomic E-state index is 0.437. The van der Waals surface area contributed by atoms with E-state index in [1.165, 1.54) is 0 Å². The van der Waals surface area contributed by atoms with E-state index in [0.29, 0.717) is 22.7 Å². The van der Waals surface area contributed by atoms with E-state index >= 15 is 0 Å². The molecule has 0 aliphatic carbocycles. The molecule has 0 aliphatic heterocycles. The summed E-state index contributed by atoms with van der Waals surface area (Å²) in [5.74, 6) is 0.711. The van der Waals surface area contributed by atoms with Crippen molar-refractivity contribution in [2.75, 3.05) is 7.11 Å². The number of nitrogens with zero attached hydrogens (tertiary/aromatic N) is 2. The Kier molecular flexibility index (Phi) is 5.52. The highest BCUT2D eigenvalue weighted by Gasteiger charge is 2.13. The highest BCUT2D eigenvalue weighted by Crippen LogP contribution is 2.35. The summed E-state index contributed by atoms with van der Waals surface area (Å²) in [6, 6.07) is 32.1. The molecule has 0 fully saturated rings. The average Bonchev–Trinajstić information content (AvgIpc) is 2.88. The molecule has 0 N–H and O–H groups in total. The molecular formula is C28H20N2O3. The summed E-state index contributed by atoms with van der Waals surface area (Å²) in [5.41, 5.74) is 1.91. The van der Waals surface area contributed by atoms with Crippen LogP contribution in [0.15, 0.2) is 113 Å². The summed E-state index contributed by atoms with van der Waals surface area (Å²) in [5, 5.41) is 12.8. The molecule has 0 saturated heterocycles. The lowest BCUT2D eigenvalue weighted by Gasteiger charge is -2.10. The van der Waals surface area contributed by atoms with Crippen LogP contribution >= 0.6 is 0 Å². The first-order valence-corrected chi connectivity index (χ1v) is 10.5. The monoisotopic (exact) mass is 432 g/mol. The van der Waals surface area contributed by atoms with Crippen molar-refractivity contribution in [3.8, 4) is 11.5 Å². The Labute approximate surface area is 190 Å². The molecule has 5 nitrogen and oxygen atoms in total. The second kappa shape index (κ2) is 8.93. The predicted octanol–water partition coefficient (Wildman–Crippen LogP) is 7.64. The molecule has 5 aromatic carbocycles. The molecule has 5 aromatic rings. The summed E-state index contributed by atoms with van der Waals surface area (Å²) in [6.45, 7) is 0. The Morgan fingerprint density at radius 2 is 1.42 bits per heavy atom. The van der Waals surface area contributed by atoms with Crippen LogP contribution in [-0.2, 0) is 0 Å². The first kappa shape index (κ1) is 20.4. The fourth-order valence-corrected chi connectivity index (χ4v) is 3.67. The van der Waals surface area contributed by atoms with Crippen molar-refractivity contribution >= 4 is 38.9 Å². The molecule has 0 amide bonds. The fraction of sp³-hybridized carbons (Fsp3) is 0.0357. The molecule has 160 valence electrons. The van der Waals surface area contributed by atoms with Gasteiger partial charge in [-0.25, -0.2) is 4.79 Å². The van der Waals surface area contributed by atoms with Gasteiger partial charge in [-0.3, -0.25) is 0 Å². The molecule has 0 saturated carbocycles. The summed E-state index contributed by atoms with van der Waals surface area (Å²) < 4.78 is 10.8. The van der Waals surface area contributed by atoms with Gasteiger partial charge in [0, 0.05) is 10.8 Å². The summed E-state index contributed by atoms with van der Waals surface area (Å²) >= 11 is 0. The first-order valence-electron chi connectivity index (χ1n) is 10.5. The number of benzene rings is 5. The zero-order valence-corrected chi connectivity index (χ0v) is 17.9. The molecule has 0 aromatic heterocycles. The van der Waals surface area contributed by atoms with Crippen molar-refractivity contribution in [3.05, 3.63) is 109 Å². The maximum absolute atomic E-state index is 12.7. The van der Waals surface area contributed by atoms with E-state index in [2.05, 4.69) is 22.4 Å². The standard InChI is InChI=1S/C28H20N2O3/c1-32-23-14-11-20(12-15-23)28(31)33-27-17-16-26(24-8-4-5-9-25(24)27)30-29-22-13-10-19-6-2-3-7-21(19)18-22/h2-18H,1H3. The maximum atomic E-state index is 12.7. The van der Waals surface area contributed by atoms with E-state index in [0.717, 1.165) is 27.2 Å². The highest BCUT2D eigenvalue weighted by atomic mass is 16.5. The van der Waals surface area contributed by atoms with Crippen molar-refractivity contribution in [3.63, 3.8) is 0 Å². The Morgan fingerprint density at radius 3 is 2.21 bits per heavy atom. The normalized spacial score (nSPS) is 11.2. The number of hydrogen-bond acceptors (Lipinski definition) is 5. The third-order valence-corrected chi connectivity index (χ3v) is 5.40. The Hall–Kier alpha value is -4.51. The van der Waals surface area contributed by atoms with E-state index < -0.39 is 5.97 Å². The number of azo groups is 1. The second-order valence-electron chi connectivity index (χ2n) is 7.48. The van der Waals surface area contributed by atoms with Crippen LogP contribution < -0.4 is 9.47 Å². The molecule has 5 rings (SSSR count). The van der Waals surface area contributed by atoms with E-state index in [4.69, 9.17) is 9.47 Å². The molecule has 0 bridgehead atoms. The van der Waals surface area contributed by atoms with Crippen molar-refractivity contribution in [1.82, 2.24) is 0 Å². The third-order valence-electron chi connectivity index (χ3n) is 5.40. The third kappa shape index (κ3) is 4.29. The topological polar surface area (TPSA) is 60.2 Å². The van der Waals surface area contributed by atoms with Gasteiger partial charge in [0.05, 0.1) is 24.0 Å². The molecular weight excluding hydrogens is 412 g/mol. The lowest BCUT2D eigenvalue weighted by Crippen LogP contribution is -2.08. The SMILES string of the molecule is COc1ccc(C(=O)Oc2ccc(N=Nc3ccc4ccccc4c3)c3ccccc23)cc1. The van der Waals surface area contributed by atoms with Gasteiger partial charge < -0.3 is 9.47 Å². The Bertz CT molecular complexity index is 1490. The van der Waals surface area contributed by atoms with E-state index in [1.807, 2.05) is 60.7 Å². The zero-order chi connectivity index (χ0) is 22.6. The second-order valence-corrected chi connectivity index (χ2v) is 7.48. The van der Waals surface area contributed by atoms with Crippen LogP contribution in [0.4, 0.5) is 11.4 Å². The van der Waals surface area contributed by atoms with Gasteiger partial charge >= 0.3 is 5.97 Å². The smallest absolute Gasteiger partial charge is 0.343 e. The molecule has 0 radical (unpaired) electrons. The minimum Gasteiger partial charge on any atom is -0.497 e. The highest BCUT2D eigenvalue weighted by molar-refractivity contribution is 5.99. The molecule has 0 aliphatic rings. The van der Waals surface area contributed by atoms with Gasteiger partial charge in [-0.1, -0.05) is 54.6 Å². The number of rotatable bonds is 5. The summed E-state index contributed by atoms with van der Waals surface area (Å²) in [4.78, 5) is 12.7. The van der Waals surface area contributed by atoms with Crippen molar-refractivity contribution < 1.29 is 14.3 Å². The Balaban J connectivity index is 1.44. The van der Waals surface area contributed by atoms with Gasteiger partial charge in [0.25, 0.3) is 0 Å². The van der Waals surface area contributed by atoms with Crippen LogP contribution in [0.5, 0.6) is 11.5 Å². The van der Waals surface area contributed by atoms with Crippen LogP contribution in [0.1, 0.15) is 10.4 Å². The molecule has 5 heteroatoms. The van der Waals surface area contributed by atoms with Crippen molar-refractivity contribution in [2.45, 2.75) is 0 Å². The van der Waals surface area contributed by atoms with Gasteiger partial charge in [-0.2, -0.15) is 5.11 Å². The van der Waals surface area contributed by atoms with Crippen LogP contribution in [-0.4, -0.2) is 13.1 Å². The summed E-state index contributed by atoms with van der Waals surface area (Å²) in [7, 11) is 1.58. The quantitative estimate of drug-likeness (QED) is 0.163. The molecule has 0 spiro atoms. The Morgan fingerprint density at radius 1 is 0.697 bits per heavy atom. The maximum Gasteiger partial charge on any atom is 0.343 e. The fourth-order valence-electron chi connectivity index (χ4n) is 3.67. The van der Waals surface area contributed by atoms with Crippen molar-refractivity contribution in [1.29, 1.82) is 0 Å². The van der Waals surface area contributed by atoms with Crippen LogP contribution in [0.25, 0.3) is 21.5 Å². The predicted molar refractivity (Wildman–Crippen MR) is 130 cm³/mol. The molecule has 0 atom stereocenters. The number of fused-ring (bicyclic) bond motifs is 2. The number of ether oxygens (including phenoxy) is 2. The van der Waals surface area contributed by atoms with Crippen LogP contribution in [0, 0.1) is 0 Å². The van der Waals surface area contributed by atoms with Crippen LogP contribution in [0.3, 0.4) is 0 Å². The number of methoxy groups -OCH3 is 1. The number of carbonyl (C=O) groups excluding carboxylic acids is 1. The van der Waals surface area contributed by atoms with Gasteiger partial charge in [0.2, 0.25) is 0 Å². The summed E-state index contributed by atoms with van der Waals surface area (Å²) in [6.07, 6.45) is 0. The van der Waals surface area contributed by atoms with E-state index in [1.54, 1.807) is 37.4 Å². The van der Waals surface area contributed by atoms with Gasteiger partial charge in [0.1, 0.15) is 11.5 Å². The lowest BCUT2D eigenvalue weighted by molar-refractivity contribution is 0.0737. The van der Waals surface area contributed by atoms with Crippen molar-refractivity contribution in [2.24, 2.45) is 10.2 Å². The van der Waals surface area contributed by atoms with Gasteiger partial charge in [-0.15, -0.1) is 5.11 Å². The van der Waals surface area contributed by atoms with Gasteiger partial charge in [0.15, 0.2) is 0 Å². The lowest BCUT2D eigenvalue weighted by atomic mass is 10.1. The number of esters is 1. The average molecular weight is 432 g/mol. The molecule has 0 unspecified atom stereocenters. The number of carbonyl (C=O) groups is 1. The zero-order valence-electron chi connectivity index (χ0n) is 17.9. The minimum atomic E-state index is -0.437.